The van der Waals surface area contributed by atoms with Gasteiger partial charge in [-0.25, -0.2) is 0 Å². The van der Waals surface area contributed by atoms with Gasteiger partial charge in [0.05, 0.1) is 11.6 Å². The standard InChI is InChI=1S/C12H14ClF3N2O2/c1-20-3-2-10(17)11(19)18-9-5-7(12(14,15)16)4-8(13)6-9/h4-6,10H,2-3,17H2,1H3,(H,18,19). The van der Waals surface area contributed by atoms with E-state index in [9.17, 15) is 18.0 Å². The first kappa shape index (κ1) is 16.7. The van der Waals surface area contributed by atoms with E-state index in [-0.39, 0.29) is 23.7 Å². The van der Waals surface area contributed by atoms with E-state index in [1.807, 2.05) is 0 Å². The van der Waals surface area contributed by atoms with E-state index in [0.29, 0.717) is 0 Å². The number of hydrogen-bond acceptors (Lipinski definition) is 3. The lowest BCUT2D eigenvalue weighted by Gasteiger charge is -2.14. The van der Waals surface area contributed by atoms with Crippen molar-refractivity contribution in [3.05, 3.63) is 28.8 Å². The van der Waals surface area contributed by atoms with Gasteiger partial charge in [0.15, 0.2) is 0 Å². The summed E-state index contributed by atoms with van der Waals surface area (Å²) in [5, 5.41) is 2.18. The summed E-state index contributed by atoms with van der Waals surface area (Å²) in [4.78, 5) is 11.7. The monoisotopic (exact) mass is 310 g/mol. The minimum atomic E-state index is -4.54. The largest absolute Gasteiger partial charge is 0.416 e. The molecule has 0 spiro atoms. The molecule has 0 aliphatic heterocycles. The molecular weight excluding hydrogens is 297 g/mol. The van der Waals surface area contributed by atoms with Crippen LogP contribution in [0.3, 0.4) is 0 Å². The topological polar surface area (TPSA) is 64.3 Å². The Morgan fingerprint density at radius 1 is 1.45 bits per heavy atom. The van der Waals surface area contributed by atoms with Crippen LogP contribution in [0.4, 0.5) is 18.9 Å². The van der Waals surface area contributed by atoms with Gasteiger partial charge in [-0.1, -0.05) is 11.6 Å². The number of nitrogens with two attached hydrogens (primary N) is 1. The van der Waals surface area contributed by atoms with E-state index in [4.69, 9.17) is 22.1 Å². The van der Waals surface area contributed by atoms with Gasteiger partial charge in [-0.05, 0) is 24.6 Å². The van der Waals surface area contributed by atoms with Crippen LogP contribution in [0.15, 0.2) is 18.2 Å². The fourth-order valence-corrected chi connectivity index (χ4v) is 1.67. The summed E-state index contributed by atoms with van der Waals surface area (Å²) in [6, 6.07) is 1.93. The van der Waals surface area contributed by atoms with Gasteiger partial charge >= 0.3 is 6.18 Å². The first-order valence-electron chi connectivity index (χ1n) is 5.67. The minimum absolute atomic E-state index is 0.0531. The number of hydrogen-bond donors (Lipinski definition) is 2. The second-order valence-corrected chi connectivity index (χ2v) is 4.54. The number of benzene rings is 1. The number of alkyl halides is 3. The van der Waals surface area contributed by atoms with Gasteiger partial charge in [0, 0.05) is 24.4 Å². The summed E-state index contributed by atoms with van der Waals surface area (Å²) in [6.07, 6.45) is -4.28. The third-order valence-corrected chi connectivity index (χ3v) is 2.68. The highest BCUT2D eigenvalue weighted by Crippen LogP contribution is 2.33. The van der Waals surface area contributed by atoms with Gasteiger partial charge in [-0.3, -0.25) is 4.79 Å². The predicted octanol–water partition coefficient (Wildman–Crippen LogP) is 2.66. The molecule has 112 valence electrons. The molecule has 1 atom stereocenters. The van der Waals surface area contributed by atoms with Gasteiger partial charge in [-0.2, -0.15) is 13.2 Å². The maximum atomic E-state index is 12.6. The van der Waals surface area contributed by atoms with E-state index in [2.05, 4.69) is 5.32 Å². The molecule has 0 aromatic heterocycles. The molecule has 0 heterocycles. The zero-order chi connectivity index (χ0) is 15.3. The SMILES string of the molecule is COCCC(N)C(=O)Nc1cc(Cl)cc(C(F)(F)F)c1. The van der Waals surface area contributed by atoms with Crippen molar-refractivity contribution in [2.45, 2.75) is 18.6 Å². The number of halogens is 4. The fourth-order valence-electron chi connectivity index (χ4n) is 1.44. The van der Waals surface area contributed by atoms with Crippen LogP contribution in [0.1, 0.15) is 12.0 Å². The Hall–Kier alpha value is -1.31. The van der Waals surface area contributed by atoms with Crippen LogP contribution in [-0.4, -0.2) is 25.7 Å². The summed E-state index contributed by atoms with van der Waals surface area (Å²) in [5.74, 6) is -0.600. The highest BCUT2D eigenvalue weighted by Gasteiger charge is 2.31. The predicted molar refractivity (Wildman–Crippen MR) is 69.6 cm³/mol. The molecule has 0 saturated heterocycles. The molecule has 0 bridgehead atoms. The second-order valence-electron chi connectivity index (χ2n) is 4.10. The van der Waals surface area contributed by atoms with Gasteiger partial charge in [0.2, 0.25) is 5.91 Å². The summed E-state index contributed by atoms with van der Waals surface area (Å²) in [7, 11) is 1.46. The van der Waals surface area contributed by atoms with Crippen LogP contribution in [0.25, 0.3) is 0 Å². The van der Waals surface area contributed by atoms with E-state index < -0.39 is 23.7 Å². The van der Waals surface area contributed by atoms with Crippen molar-refractivity contribution >= 4 is 23.2 Å². The van der Waals surface area contributed by atoms with Crippen LogP contribution in [0.5, 0.6) is 0 Å². The first-order chi connectivity index (χ1) is 9.24. The molecule has 0 aliphatic rings. The van der Waals surface area contributed by atoms with Crippen molar-refractivity contribution in [2.24, 2.45) is 5.73 Å². The number of carbonyl (C=O) groups is 1. The number of anilines is 1. The Morgan fingerprint density at radius 3 is 2.65 bits per heavy atom. The molecule has 1 amide bonds. The van der Waals surface area contributed by atoms with E-state index in [1.54, 1.807) is 0 Å². The van der Waals surface area contributed by atoms with Crippen molar-refractivity contribution in [2.75, 3.05) is 19.0 Å². The molecule has 4 nitrogen and oxygen atoms in total. The molecule has 0 fully saturated rings. The van der Waals surface area contributed by atoms with Crippen molar-refractivity contribution in [1.29, 1.82) is 0 Å². The number of ether oxygens (including phenoxy) is 1. The Labute approximate surface area is 119 Å². The van der Waals surface area contributed by atoms with Gasteiger partial charge in [-0.15, -0.1) is 0 Å². The Balaban J connectivity index is 2.82. The average Bonchev–Trinajstić information content (AvgIpc) is 2.34. The zero-order valence-corrected chi connectivity index (χ0v) is 11.4. The maximum Gasteiger partial charge on any atom is 0.416 e. The molecule has 1 aromatic rings. The molecule has 0 radical (unpaired) electrons. The molecule has 8 heteroatoms. The minimum Gasteiger partial charge on any atom is -0.385 e. The van der Waals surface area contributed by atoms with Crippen LogP contribution in [-0.2, 0) is 15.7 Å². The molecule has 0 aliphatic carbocycles. The van der Waals surface area contributed by atoms with E-state index >= 15 is 0 Å². The normalized spacial score (nSPS) is 13.1. The van der Waals surface area contributed by atoms with Crippen molar-refractivity contribution in [3.63, 3.8) is 0 Å². The lowest BCUT2D eigenvalue weighted by molar-refractivity contribution is -0.137. The van der Waals surface area contributed by atoms with Crippen LogP contribution in [0.2, 0.25) is 5.02 Å². The summed E-state index contributed by atoms with van der Waals surface area (Å²) >= 11 is 5.60. The smallest absolute Gasteiger partial charge is 0.385 e. The lowest BCUT2D eigenvalue weighted by atomic mass is 10.1. The number of carbonyl (C=O) groups excluding carboxylic acids is 1. The highest BCUT2D eigenvalue weighted by molar-refractivity contribution is 6.31. The third kappa shape index (κ3) is 4.99. The summed E-state index contributed by atoms with van der Waals surface area (Å²) < 4.78 is 42.6. The number of rotatable bonds is 5. The van der Waals surface area contributed by atoms with Crippen molar-refractivity contribution < 1.29 is 22.7 Å². The lowest BCUT2D eigenvalue weighted by Crippen LogP contribution is -2.36. The quantitative estimate of drug-likeness (QED) is 0.879. The van der Waals surface area contributed by atoms with Crippen molar-refractivity contribution in [1.82, 2.24) is 0 Å². The Morgan fingerprint density at radius 2 is 2.10 bits per heavy atom. The first-order valence-corrected chi connectivity index (χ1v) is 6.05. The highest BCUT2D eigenvalue weighted by atomic mass is 35.5. The third-order valence-electron chi connectivity index (χ3n) is 2.46. The maximum absolute atomic E-state index is 12.6. The molecule has 20 heavy (non-hydrogen) atoms. The number of amides is 1. The Kier molecular flexibility index (Phi) is 5.79. The van der Waals surface area contributed by atoms with Crippen molar-refractivity contribution in [3.8, 4) is 0 Å². The molecule has 0 saturated carbocycles. The van der Waals surface area contributed by atoms with Gasteiger partial charge < -0.3 is 15.8 Å². The van der Waals surface area contributed by atoms with E-state index in [1.165, 1.54) is 13.2 Å². The van der Waals surface area contributed by atoms with Crippen LogP contribution >= 0.6 is 11.6 Å². The average molecular weight is 311 g/mol. The van der Waals surface area contributed by atoms with Crippen LogP contribution in [0, 0.1) is 0 Å². The summed E-state index contributed by atoms with van der Waals surface area (Å²) in [5.41, 5.74) is 4.57. The molecule has 1 aromatic carbocycles. The molecule has 1 rings (SSSR count). The number of methoxy groups -OCH3 is 1. The fraction of sp³-hybridized carbons (Fsp3) is 0.417. The van der Waals surface area contributed by atoms with Gasteiger partial charge in [0.25, 0.3) is 0 Å². The van der Waals surface area contributed by atoms with Crippen LogP contribution < -0.4 is 11.1 Å². The molecule has 1 unspecified atom stereocenters. The zero-order valence-electron chi connectivity index (χ0n) is 10.6. The van der Waals surface area contributed by atoms with E-state index in [0.717, 1.165) is 12.1 Å². The Bertz CT molecular complexity index is 480. The van der Waals surface area contributed by atoms with Gasteiger partial charge in [0.1, 0.15) is 0 Å². The second kappa shape index (κ2) is 6.92. The molecule has 3 N–H and O–H groups in total. The molecular formula is C12H14ClF3N2O2. The summed E-state index contributed by atoms with van der Waals surface area (Å²) in [6.45, 7) is 0.276. The number of nitrogens with one attached hydrogen (secondary N) is 1.